The number of hydrogen-bond acceptors (Lipinski definition) is 8. The van der Waals surface area contributed by atoms with Crippen LogP contribution in [0.15, 0.2) is 48.5 Å². The van der Waals surface area contributed by atoms with Crippen molar-refractivity contribution in [3.8, 4) is 0 Å². The number of halogens is 3. The van der Waals surface area contributed by atoms with Gasteiger partial charge in [-0.3, -0.25) is 4.79 Å². The van der Waals surface area contributed by atoms with Crippen LogP contribution in [0, 0.1) is 34.5 Å². The number of aromatic nitrogens is 1. The Balaban J connectivity index is 1.07. The molecule has 1 saturated heterocycles. The number of methoxy groups -OCH3 is 2. The number of carbonyl (C=O) groups excluding carboxylic acids is 2. The first kappa shape index (κ1) is 42.6. The first-order valence-electron chi connectivity index (χ1n) is 21.9. The highest BCUT2D eigenvalue weighted by Crippen LogP contribution is 2.74. The quantitative estimate of drug-likeness (QED) is 0.226. The molecule has 12 heteroatoms. The molecule has 3 heterocycles. The Morgan fingerprint density at radius 2 is 1.66 bits per heavy atom. The molecule has 0 bridgehead atoms. The minimum atomic E-state index is -5.23. The van der Waals surface area contributed by atoms with Gasteiger partial charge in [0.05, 0.1) is 30.3 Å². The van der Waals surface area contributed by atoms with Crippen LogP contribution in [0.25, 0.3) is 16.5 Å². The van der Waals surface area contributed by atoms with Gasteiger partial charge in [-0.15, -0.1) is 0 Å². The highest BCUT2D eigenvalue weighted by Gasteiger charge is 2.74. The minimum absolute atomic E-state index is 0.0904. The van der Waals surface area contributed by atoms with Crippen LogP contribution in [-0.2, 0) is 57.1 Å². The summed E-state index contributed by atoms with van der Waals surface area (Å²) in [6.07, 6.45) is -1.01. The van der Waals surface area contributed by atoms with Gasteiger partial charge in [-0.05, 0) is 131 Å². The van der Waals surface area contributed by atoms with Crippen molar-refractivity contribution < 1.29 is 51.6 Å². The molecule has 11 atom stereocenters. The summed E-state index contributed by atoms with van der Waals surface area (Å²) in [7, 11) is 1.97. The monoisotopic (exact) mass is 847 g/mol. The van der Waals surface area contributed by atoms with Gasteiger partial charge < -0.3 is 33.8 Å². The predicted molar refractivity (Wildman–Crippen MR) is 222 cm³/mol. The molecule has 1 aromatic heterocycles. The molecule has 61 heavy (non-hydrogen) atoms. The third kappa shape index (κ3) is 5.65. The van der Waals surface area contributed by atoms with Gasteiger partial charge in [0.25, 0.3) is 5.60 Å². The molecule has 0 amide bonds. The molecule has 9 rings (SSSR count). The van der Waals surface area contributed by atoms with E-state index in [9.17, 15) is 14.7 Å². The number of rotatable bonds is 7. The zero-order chi connectivity index (χ0) is 44.1. The number of ether oxygens (including phenoxy) is 5. The van der Waals surface area contributed by atoms with Gasteiger partial charge in [0.15, 0.2) is 5.79 Å². The van der Waals surface area contributed by atoms with Gasteiger partial charge in [-0.2, -0.15) is 13.2 Å². The number of aromatic amines is 1. The van der Waals surface area contributed by atoms with Crippen LogP contribution in [0.3, 0.4) is 0 Å². The highest BCUT2D eigenvalue weighted by atomic mass is 19.4. The average Bonchev–Trinajstić information content (AvgIpc) is 3.89. The third-order valence-corrected chi connectivity index (χ3v) is 17.1. The van der Waals surface area contributed by atoms with Crippen LogP contribution in [0.4, 0.5) is 13.2 Å². The smallest absolute Gasteiger partial charge is 0.432 e. The number of aliphatic hydroxyl groups is 1. The van der Waals surface area contributed by atoms with Gasteiger partial charge in [0.2, 0.25) is 0 Å². The van der Waals surface area contributed by atoms with E-state index >= 15 is 13.2 Å². The standard InChI is InChI=1S/C49H60F3NO8/c1-26(40(54)57-9)38(59-41(55)48(58-10,49(50,51)52)28-14-12-11-13-15-28)36-25-45(7)37-17-16-29-22-32-31-23-30-27(20-34-33(30)24-42(2,3)61-43(34,4)5)21-35(31)53-39(32)46(29,8)44(37,6)18-19-47(45,56)60-36/h11-15,21,23-24,26,29,34,36-38,53,56H,16-20,22,25H2,1-10H3/t26-,29-,34-,36-,37+,38+,44-,45-,46+,47-,48+/m0/s1. The van der Waals surface area contributed by atoms with Crippen LogP contribution in [0.2, 0.25) is 0 Å². The van der Waals surface area contributed by atoms with Crippen LogP contribution in [0.5, 0.6) is 0 Å². The zero-order valence-electron chi connectivity index (χ0n) is 37.0. The maximum Gasteiger partial charge on any atom is 0.432 e. The molecule has 2 aliphatic heterocycles. The van der Waals surface area contributed by atoms with Gasteiger partial charge in [0, 0.05) is 52.4 Å². The minimum Gasteiger partial charge on any atom is -0.469 e. The molecule has 4 aliphatic carbocycles. The van der Waals surface area contributed by atoms with E-state index in [1.165, 1.54) is 65.6 Å². The maximum atomic E-state index is 15.1. The maximum absolute atomic E-state index is 15.1. The van der Waals surface area contributed by atoms with Crippen LogP contribution < -0.4 is 0 Å². The molecule has 330 valence electrons. The lowest BCUT2D eigenvalue weighted by molar-refractivity contribution is -0.305. The van der Waals surface area contributed by atoms with Gasteiger partial charge in [0.1, 0.15) is 6.10 Å². The van der Waals surface area contributed by atoms with E-state index in [2.05, 4.69) is 64.7 Å². The first-order valence-corrected chi connectivity index (χ1v) is 21.9. The van der Waals surface area contributed by atoms with E-state index in [0.29, 0.717) is 12.3 Å². The molecular formula is C49H60F3NO8. The molecule has 3 fully saturated rings. The van der Waals surface area contributed by atoms with Crippen molar-refractivity contribution in [1.82, 2.24) is 4.98 Å². The van der Waals surface area contributed by atoms with Crippen molar-refractivity contribution in [2.45, 2.75) is 147 Å². The molecule has 6 aliphatic rings. The van der Waals surface area contributed by atoms with Crippen molar-refractivity contribution in [3.05, 3.63) is 76.5 Å². The van der Waals surface area contributed by atoms with Crippen molar-refractivity contribution >= 4 is 28.4 Å². The SMILES string of the molecule is COC(=O)[C@@H](C)[C@@H](OC(=O)[C@](OC)(c1ccccc1)C(F)(F)F)[C@@H]1C[C@@]2(C)[C@@H]3CC[C@H]4Cc5c([nH]c6cc7c(cc56)C5=CC(C)(C)OC(C)(C)[C@H]5C7)[C@]4(C)[C@@]3(C)CC[C@]2(O)O1. The van der Waals surface area contributed by atoms with Crippen LogP contribution in [0.1, 0.15) is 115 Å². The molecule has 2 N–H and O–H groups in total. The Morgan fingerprint density at radius 1 is 0.951 bits per heavy atom. The molecule has 2 saturated carbocycles. The summed E-state index contributed by atoms with van der Waals surface area (Å²) >= 11 is 0. The largest absolute Gasteiger partial charge is 0.469 e. The third-order valence-electron chi connectivity index (χ3n) is 17.1. The summed E-state index contributed by atoms with van der Waals surface area (Å²) in [6.45, 7) is 16.8. The number of nitrogens with one attached hydrogen (secondary N) is 1. The molecule has 3 aromatic rings. The van der Waals surface area contributed by atoms with E-state index in [-0.39, 0.29) is 46.7 Å². The van der Waals surface area contributed by atoms with Crippen molar-refractivity contribution in [2.75, 3.05) is 14.2 Å². The normalized spacial score (nSPS) is 36.3. The molecule has 2 aromatic carbocycles. The first-order chi connectivity index (χ1) is 28.4. The number of fused-ring (bicyclic) bond motifs is 12. The van der Waals surface area contributed by atoms with E-state index in [1.54, 1.807) is 0 Å². The number of H-pyrrole nitrogens is 1. The Kier molecular flexibility index (Phi) is 9.36. The van der Waals surface area contributed by atoms with Gasteiger partial charge >= 0.3 is 18.1 Å². The molecule has 9 nitrogen and oxygen atoms in total. The van der Waals surface area contributed by atoms with E-state index in [1.807, 2.05) is 6.92 Å². The molecule has 0 spiro atoms. The van der Waals surface area contributed by atoms with Gasteiger partial charge in [-0.25, -0.2) is 4.79 Å². The Hall–Kier alpha value is -3.71. The van der Waals surface area contributed by atoms with Crippen molar-refractivity contribution in [1.29, 1.82) is 0 Å². The summed E-state index contributed by atoms with van der Waals surface area (Å²) in [5.74, 6) is -4.92. The average molecular weight is 848 g/mol. The fraction of sp³-hybridized carbons (Fsp3) is 0.633. The number of hydrogen-bond donors (Lipinski definition) is 2. The van der Waals surface area contributed by atoms with Crippen LogP contribution in [-0.4, -0.2) is 71.6 Å². The zero-order valence-corrected chi connectivity index (χ0v) is 37.0. The fourth-order valence-corrected chi connectivity index (χ4v) is 14.0. The summed E-state index contributed by atoms with van der Waals surface area (Å²) in [6, 6.07) is 11.3. The lowest BCUT2D eigenvalue weighted by Crippen LogP contribution is -2.65. The van der Waals surface area contributed by atoms with Crippen molar-refractivity contribution in [2.24, 2.45) is 34.5 Å². The molecule has 0 radical (unpaired) electrons. The topological polar surface area (TPSA) is 116 Å². The Labute approximate surface area is 356 Å². The van der Waals surface area contributed by atoms with E-state index in [4.69, 9.17) is 23.7 Å². The number of esters is 2. The predicted octanol–water partition coefficient (Wildman–Crippen LogP) is 9.26. The summed E-state index contributed by atoms with van der Waals surface area (Å²) in [5.41, 5.74) is 1.58. The summed E-state index contributed by atoms with van der Waals surface area (Å²) in [4.78, 5) is 31.2. The van der Waals surface area contributed by atoms with Crippen LogP contribution >= 0.6 is 0 Å². The number of carbonyl (C=O) groups is 2. The molecular weight excluding hydrogens is 788 g/mol. The second-order valence-electron chi connectivity index (χ2n) is 20.8. The van der Waals surface area contributed by atoms with E-state index in [0.717, 1.165) is 50.4 Å². The fourth-order valence-electron chi connectivity index (χ4n) is 14.0. The Morgan fingerprint density at radius 3 is 2.31 bits per heavy atom. The summed E-state index contributed by atoms with van der Waals surface area (Å²) in [5, 5.41) is 13.9. The highest BCUT2D eigenvalue weighted by molar-refractivity contribution is 5.93. The number of alkyl halides is 3. The lowest BCUT2D eigenvalue weighted by Gasteiger charge is -2.65. The summed E-state index contributed by atoms with van der Waals surface area (Å²) < 4.78 is 74.2. The second-order valence-corrected chi connectivity index (χ2v) is 20.8. The number of benzene rings is 2. The van der Waals surface area contributed by atoms with Gasteiger partial charge in [-0.1, -0.05) is 51.1 Å². The lowest BCUT2D eigenvalue weighted by atomic mass is 9.40. The van der Waals surface area contributed by atoms with E-state index < -0.39 is 58.6 Å². The van der Waals surface area contributed by atoms with Crippen molar-refractivity contribution in [3.63, 3.8) is 0 Å². The Bertz CT molecular complexity index is 2340. The second kappa shape index (κ2) is 13.4. The molecule has 0 unspecified atom stereocenters.